The second-order valence-corrected chi connectivity index (χ2v) is 7.92. The minimum atomic E-state index is -0.868. The van der Waals surface area contributed by atoms with Crippen LogP contribution in [0.15, 0.2) is 30.0 Å². The lowest BCUT2D eigenvalue weighted by molar-refractivity contribution is -0.137. The van der Waals surface area contributed by atoms with Crippen molar-refractivity contribution in [1.29, 1.82) is 0 Å². The van der Waals surface area contributed by atoms with E-state index < -0.39 is 5.97 Å². The first kappa shape index (κ1) is 24.7. The van der Waals surface area contributed by atoms with Gasteiger partial charge >= 0.3 is 5.97 Å². The van der Waals surface area contributed by atoms with Crippen molar-refractivity contribution in [3.05, 3.63) is 46.1 Å². The summed E-state index contributed by atoms with van der Waals surface area (Å²) in [4.78, 5) is 23.7. The first-order valence-corrected chi connectivity index (χ1v) is 10.2. The predicted molar refractivity (Wildman–Crippen MR) is 118 cm³/mol. The van der Waals surface area contributed by atoms with Gasteiger partial charge < -0.3 is 15.3 Å². The highest BCUT2D eigenvalue weighted by atomic mass is 35.5. The van der Waals surface area contributed by atoms with Crippen LogP contribution in [0.25, 0.3) is 0 Å². The molecule has 0 saturated carbocycles. The smallest absolute Gasteiger partial charge is 0.303 e. The Labute approximate surface area is 179 Å². The molecule has 0 saturated heterocycles. The van der Waals surface area contributed by atoms with Crippen molar-refractivity contribution in [2.24, 2.45) is 11.8 Å². The fraction of sp³-hybridized carbons (Fsp3) is 0.478. The van der Waals surface area contributed by atoms with Crippen molar-refractivity contribution in [2.45, 2.75) is 46.6 Å². The van der Waals surface area contributed by atoms with Crippen molar-refractivity contribution in [3.63, 3.8) is 0 Å². The lowest BCUT2D eigenvalue weighted by atomic mass is 9.90. The molecule has 0 radical (unpaired) electrons. The van der Waals surface area contributed by atoms with Gasteiger partial charge in [0.05, 0.1) is 11.1 Å². The third kappa shape index (κ3) is 8.31. The second-order valence-electron chi connectivity index (χ2n) is 7.51. The van der Waals surface area contributed by atoms with Gasteiger partial charge in [-0.05, 0) is 42.7 Å². The highest BCUT2D eigenvalue weighted by molar-refractivity contribution is 6.31. The number of likely N-dealkylation sites (N-methyl/N-ethyl adjacent to an activating group) is 1. The summed E-state index contributed by atoms with van der Waals surface area (Å²) in [5, 5.41) is 12.7. The molecular formula is C23H31ClN2O3. The number of amides is 1. The molecule has 29 heavy (non-hydrogen) atoms. The Morgan fingerprint density at radius 3 is 2.48 bits per heavy atom. The zero-order valence-electron chi connectivity index (χ0n) is 17.8. The molecule has 1 atom stereocenters. The van der Waals surface area contributed by atoms with Crippen LogP contribution in [0.2, 0.25) is 5.02 Å². The highest BCUT2D eigenvalue weighted by Crippen LogP contribution is 2.30. The molecule has 1 amide bonds. The molecule has 1 aromatic carbocycles. The second kappa shape index (κ2) is 12.3. The lowest BCUT2D eigenvalue weighted by Crippen LogP contribution is -2.25. The van der Waals surface area contributed by atoms with Gasteiger partial charge in [0.15, 0.2) is 0 Å². The molecule has 0 spiro atoms. The predicted octanol–water partition coefficient (Wildman–Crippen LogP) is 4.47. The monoisotopic (exact) mass is 418 g/mol. The summed E-state index contributed by atoms with van der Waals surface area (Å²) < 4.78 is 0. The number of carbonyl (C=O) groups excluding carboxylic acids is 1. The summed E-state index contributed by atoms with van der Waals surface area (Å²) in [5.41, 5.74) is 2.77. The topological polar surface area (TPSA) is 69.6 Å². The minimum Gasteiger partial charge on any atom is -0.481 e. The number of hydrogen-bond acceptors (Lipinski definition) is 3. The molecule has 0 aliphatic heterocycles. The van der Waals surface area contributed by atoms with Crippen LogP contribution in [-0.2, 0) is 9.59 Å². The van der Waals surface area contributed by atoms with Gasteiger partial charge in [-0.15, -0.1) is 0 Å². The van der Waals surface area contributed by atoms with Gasteiger partial charge in [-0.25, -0.2) is 0 Å². The summed E-state index contributed by atoms with van der Waals surface area (Å²) in [6.07, 6.45) is 2.96. The van der Waals surface area contributed by atoms with Gasteiger partial charge in [-0.3, -0.25) is 9.59 Å². The molecular weight excluding hydrogens is 388 g/mol. The largest absolute Gasteiger partial charge is 0.481 e. The number of nitrogens with one attached hydrogen (secondary N) is 1. The van der Waals surface area contributed by atoms with E-state index in [9.17, 15) is 9.59 Å². The third-order valence-corrected chi connectivity index (χ3v) is 4.68. The summed E-state index contributed by atoms with van der Waals surface area (Å²) in [6, 6.07) is 5.67. The molecule has 0 aliphatic carbocycles. The van der Waals surface area contributed by atoms with Crippen molar-refractivity contribution < 1.29 is 14.7 Å². The maximum Gasteiger partial charge on any atom is 0.303 e. The SMILES string of the molecule is CNC(/C(=C\N(C=O)CCCC(=O)O)C(C)C)c1ccc(C#CC(C)C)c(Cl)c1. The average Bonchev–Trinajstić information content (AvgIpc) is 2.65. The van der Waals surface area contributed by atoms with E-state index in [1.54, 1.807) is 6.20 Å². The Bertz CT molecular complexity index is 791. The van der Waals surface area contributed by atoms with Crippen LogP contribution in [0.5, 0.6) is 0 Å². The number of carbonyl (C=O) groups is 2. The minimum absolute atomic E-state index is 0.0269. The normalized spacial score (nSPS) is 12.5. The maximum absolute atomic E-state index is 11.5. The summed E-state index contributed by atoms with van der Waals surface area (Å²) in [7, 11) is 1.86. The van der Waals surface area contributed by atoms with Crippen molar-refractivity contribution in [3.8, 4) is 11.8 Å². The van der Waals surface area contributed by atoms with Crippen LogP contribution in [0, 0.1) is 23.7 Å². The molecule has 0 heterocycles. The Morgan fingerprint density at radius 2 is 2.00 bits per heavy atom. The summed E-state index contributed by atoms with van der Waals surface area (Å²) in [6.45, 7) is 8.52. The van der Waals surface area contributed by atoms with E-state index in [1.807, 2.05) is 39.1 Å². The van der Waals surface area contributed by atoms with E-state index in [0.717, 1.165) is 23.1 Å². The van der Waals surface area contributed by atoms with Crippen LogP contribution in [-0.4, -0.2) is 36.0 Å². The van der Waals surface area contributed by atoms with Crippen LogP contribution < -0.4 is 5.32 Å². The quantitative estimate of drug-likeness (QED) is 0.434. The fourth-order valence-corrected chi connectivity index (χ4v) is 3.11. The molecule has 158 valence electrons. The number of benzene rings is 1. The molecule has 0 fully saturated rings. The summed E-state index contributed by atoms with van der Waals surface area (Å²) in [5.74, 6) is 5.78. The molecule has 5 nitrogen and oxygen atoms in total. The van der Waals surface area contributed by atoms with Crippen molar-refractivity contribution in [2.75, 3.05) is 13.6 Å². The third-order valence-electron chi connectivity index (χ3n) is 4.37. The highest BCUT2D eigenvalue weighted by Gasteiger charge is 2.20. The Morgan fingerprint density at radius 1 is 1.31 bits per heavy atom. The van der Waals surface area contributed by atoms with Crippen LogP contribution in [0.3, 0.4) is 0 Å². The van der Waals surface area contributed by atoms with Gasteiger partial charge in [0.2, 0.25) is 6.41 Å². The van der Waals surface area contributed by atoms with E-state index >= 15 is 0 Å². The first-order chi connectivity index (χ1) is 13.7. The molecule has 2 N–H and O–H groups in total. The van der Waals surface area contributed by atoms with Crippen LogP contribution in [0.1, 0.15) is 57.7 Å². The molecule has 1 aromatic rings. The van der Waals surface area contributed by atoms with Gasteiger partial charge in [0, 0.05) is 30.6 Å². The molecule has 0 bridgehead atoms. The molecule has 1 rings (SSSR count). The fourth-order valence-electron chi connectivity index (χ4n) is 2.87. The van der Waals surface area contributed by atoms with Crippen molar-refractivity contribution >= 4 is 24.0 Å². The standard InChI is InChI=1S/C23H31ClN2O3/c1-16(2)8-9-18-10-11-19(13-21(18)24)23(25-5)20(17(3)4)14-26(15-27)12-6-7-22(28)29/h10-11,13-17,23,25H,6-7,12H2,1-5H3,(H,28,29)/b20-14-. The average molecular weight is 419 g/mol. The number of aliphatic carboxylic acids is 1. The Balaban J connectivity index is 3.18. The number of carboxylic acid groups (broad SMARTS) is 1. The van der Waals surface area contributed by atoms with Gasteiger partial charge in [0.1, 0.15) is 0 Å². The number of carboxylic acids is 1. The molecule has 0 aromatic heterocycles. The van der Waals surface area contributed by atoms with Crippen LogP contribution in [0.4, 0.5) is 0 Å². The maximum atomic E-state index is 11.5. The first-order valence-electron chi connectivity index (χ1n) is 9.82. The zero-order valence-corrected chi connectivity index (χ0v) is 18.6. The van der Waals surface area contributed by atoms with E-state index in [0.29, 0.717) is 18.0 Å². The molecule has 1 unspecified atom stereocenters. The lowest BCUT2D eigenvalue weighted by Gasteiger charge is -2.26. The Kier molecular flexibility index (Phi) is 10.5. The molecule has 0 aliphatic rings. The van der Waals surface area contributed by atoms with Gasteiger partial charge in [-0.2, -0.15) is 0 Å². The van der Waals surface area contributed by atoms with E-state index in [1.165, 1.54) is 4.90 Å². The van der Waals surface area contributed by atoms with E-state index in [2.05, 4.69) is 31.0 Å². The Hall–Kier alpha value is -2.29. The zero-order chi connectivity index (χ0) is 22.0. The van der Waals surface area contributed by atoms with Crippen LogP contribution >= 0.6 is 11.6 Å². The molecule has 6 heteroatoms. The number of hydrogen-bond donors (Lipinski definition) is 2. The van der Waals surface area contributed by atoms with Gasteiger partial charge in [0.25, 0.3) is 0 Å². The number of nitrogens with zero attached hydrogens (tertiary/aromatic N) is 1. The van der Waals surface area contributed by atoms with Gasteiger partial charge in [-0.1, -0.05) is 57.2 Å². The summed E-state index contributed by atoms with van der Waals surface area (Å²) >= 11 is 6.46. The van der Waals surface area contributed by atoms with E-state index in [-0.39, 0.29) is 24.3 Å². The van der Waals surface area contributed by atoms with E-state index in [4.69, 9.17) is 16.7 Å². The van der Waals surface area contributed by atoms with Crippen molar-refractivity contribution in [1.82, 2.24) is 10.2 Å². The number of halogens is 1. The number of rotatable bonds is 10.